The number of nitrogens with one attached hydrogen (secondary N) is 1. The number of ether oxygens (including phenoxy) is 3. The third kappa shape index (κ3) is 12.7. The average molecular weight is 750 g/mol. The van der Waals surface area contributed by atoms with E-state index in [1.807, 2.05) is 54.6 Å². The van der Waals surface area contributed by atoms with Gasteiger partial charge in [0.2, 0.25) is 0 Å². The van der Waals surface area contributed by atoms with Crippen molar-refractivity contribution in [2.24, 2.45) is 0 Å². The van der Waals surface area contributed by atoms with Gasteiger partial charge in [0.15, 0.2) is 6.79 Å². The summed E-state index contributed by atoms with van der Waals surface area (Å²) in [6.45, 7) is 15.7. The Kier molecular flexibility index (Phi) is 15.5. The monoisotopic (exact) mass is 749 g/mol. The van der Waals surface area contributed by atoms with Gasteiger partial charge >= 0.3 is 0 Å². The topological polar surface area (TPSA) is 112 Å². The van der Waals surface area contributed by atoms with Crippen LogP contribution in [0.2, 0.25) is 51.4 Å². The summed E-state index contributed by atoms with van der Waals surface area (Å²) < 4.78 is 19.8. The van der Waals surface area contributed by atoms with Crippen molar-refractivity contribution in [3.05, 3.63) is 88.2 Å². The molecule has 1 aromatic heterocycles. The highest BCUT2D eigenvalue weighted by Crippen LogP contribution is 2.36. The Morgan fingerprint density at radius 2 is 1.57 bits per heavy atom. The van der Waals surface area contributed by atoms with Gasteiger partial charge in [-0.2, -0.15) is 0 Å². The lowest BCUT2D eigenvalue weighted by Crippen LogP contribution is -2.28. The van der Waals surface area contributed by atoms with Crippen molar-refractivity contribution < 1.29 is 24.1 Å². The van der Waals surface area contributed by atoms with Gasteiger partial charge in [0, 0.05) is 58.7 Å². The summed E-state index contributed by atoms with van der Waals surface area (Å²) in [7, 11) is -2.61. The molecule has 0 radical (unpaired) electrons. The molecule has 12 heteroatoms. The van der Waals surface area contributed by atoms with E-state index in [0.717, 1.165) is 30.5 Å². The Hall–Kier alpha value is -3.27. The molecular formula is C39H55N3O6SSi2. The third-order valence-corrected chi connectivity index (χ3v) is 12.9. The Bertz CT molecular complexity index is 1770. The molecule has 3 aromatic carbocycles. The second kappa shape index (κ2) is 19.5. The van der Waals surface area contributed by atoms with Crippen molar-refractivity contribution in [3.8, 4) is 17.0 Å². The molecule has 9 nitrogen and oxygen atoms in total. The highest BCUT2D eigenvalue weighted by molar-refractivity contribution is 7.98. The zero-order valence-electron chi connectivity index (χ0n) is 31.1. The number of carbonyl (C=O) groups excluding carboxylic acids is 1. The van der Waals surface area contributed by atoms with Gasteiger partial charge in [-0.3, -0.25) is 14.2 Å². The first kappa shape index (κ1) is 40.5. The fourth-order valence-electron chi connectivity index (χ4n) is 5.23. The summed E-state index contributed by atoms with van der Waals surface area (Å²) in [6, 6.07) is 23.1. The van der Waals surface area contributed by atoms with Crippen molar-refractivity contribution >= 4 is 44.9 Å². The number of aliphatic hydroxyl groups is 1. The molecule has 4 rings (SSSR count). The second-order valence-electron chi connectivity index (χ2n) is 15.1. The first-order valence-electron chi connectivity index (χ1n) is 17.9. The number of para-hydroxylation sites is 1. The fraction of sp³-hybridized carbons (Fsp3) is 0.462. The number of nitrogens with zero attached hydrogens (tertiary/aromatic N) is 2. The Labute approximate surface area is 309 Å². The molecule has 0 spiro atoms. The molecule has 0 fully saturated rings. The number of carbonyl (C=O) groups is 1. The van der Waals surface area contributed by atoms with E-state index in [4.69, 9.17) is 24.3 Å². The average Bonchev–Trinajstić information content (AvgIpc) is 3.09. The zero-order valence-corrected chi connectivity index (χ0v) is 33.9. The first-order valence-corrected chi connectivity index (χ1v) is 26.3. The lowest BCUT2D eigenvalue weighted by molar-refractivity contribution is 0.0228. The Balaban J connectivity index is 1.79. The quantitative estimate of drug-likeness (QED) is 0.0379. The van der Waals surface area contributed by atoms with Crippen LogP contribution in [0.15, 0.2) is 76.4 Å². The molecule has 276 valence electrons. The predicted octanol–water partition coefficient (Wildman–Crippen LogP) is 8.25. The largest absolute Gasteiger partial charge is 0.465 e. The molecule has 1 heterocycles. The van der Waals surface area contributed by atoms with Gasteiger partial charge in [-0.15, -0.1) is 11.8 Å². The van der Waals surface area contributed by atoms with Crippen molar-refractivity contribution in [2.45, 2.75) is 88.0 Å². The molecule has 2 N–H and O–H groups in total. The van der Waals surface area contributed by atoms with E-state index in [0.29, 0.717) is 64.7 Å². The molecule has 1 amide bonds. The normalized spacial score (nSPS) is 12.0. The minimum absolute atomic E-state index is 0.0615. The molecule has 0 bridgehead atoms. The highest BCUT2D eigenvalue weighted by atomic mass is 32.2. The summed E-state index contributed by atoms with van der Waals surface area (Å²) in [4.78, 5) is 33.8. The summed E-state index contributed by atoms with van der Waals surface area (Å²) >= 11 is 1.51. The van der Waals surface area contributed by atoms with Crippen molar-refractivity contribution in [2.75, 3.05) is 33.2 Å². The lowest BCUT2D eigenvalue weighted by atomic mass is 10.1. The second-order valence-corrected chi connectivity index (χ2v) is 27.4. The van der Waals surface area contributed by atoms with E-state index < -0.39 is 16.1 Å². The number of amides is 1. The molecule has 0 saturated heterocycles. The minimum atomic E-state index is -1.36. The number of unbranched alkanes of at least 4 members (excludes halogenated alkanes) is 2. The number of hydrogen-bond donors (Lipinski definition) is 2. The van der Waals surface area contributed by atoms with Crippen LogP contribution in [0.25, 0.3) is 22.3 Å². The van der Waals surface area contributed by atoms with Crippen LogP contribution in [-0.4, -0.2) is 69.9 Å². The summed E-state index contributed by atoms with van der Waals surface area (Å²) in [5.41, 5.74) is 3.20. The van der Waals surface area contributed by atoms with E-state index in [9.17, 15) is 9.59 Å². The summed E-state index contributed by atoms with van der Waals surface area (Å²) in [5, 5.41) is 12.2. The van der Waals surface area contributed by atoms with Gasteiger partial charge < -0.3 is 24.6 Å². The number of rotatable bonds is 21. The first-order chi connectivity index (χ1) is 24.4. The SMILES string of the molecule is C[Si](C)(C)CCOCOc1cccc2c1nc(-c1cccc(C(=O)NCCCCCO)c1SCc1ccccc1)c(=O)n2COCC[Si](C)(C)C. The maximum Gasteiger partial charge on any atom is 0.279 e. The van der Waals surface area contributed by atoms with Gasteiger partial charge in [0.25, 0.3) is 11.5 Å². The maximum absolute atomic E-state index is 14.5. The summed E-state index contributed by atoms with van der Waals surface area (Å²) in [5.74, 6) is 0.888. The molecule has 51 heavy (non-hydrogen) atoms. The van der Waals surface area contributed by atoms with Crippen LogP contribution < -0.4 is 15.6 Å². The van der Waals surface area contributed by atoms with Crippen molar-refractivity contribution in [1.82, 2.24) is 14.9 Å². The van der Waals surface area contributed by atoms with E-state index in [1.54, 1.807) is 16.7 Å². The molecule has 4 aromatic rings. The minimum Gasteiger partial charge on any atom is -0.465 e. The van der Waals surface area contributed by atoms with Gasteiger partial charge in [0.05, 0.1) is 11.1 Å². The zero-order chi connectivity index (χ0) is 36.9. The lowest BCUT2D eigenvalue weighted by Gasteiger charge is -2.19. The van der Waals surface area contributed by atoms with Crippen LogP contribution >= 0.6 is 11.8 Å². The van der Waals surface area contributed by atoms with E-state index in [1.165, 1.54) is 11.8 Å². The number of aliphatic hydroxyl groups excluding tert-OH is 1. The van der Waals surface area contributed by atoms with Gasteiger partial charge in [-0.05, 0) is 55.1 Å². The Morgan fingerprint density at radius 1 is 0.863 bits per heavy atom. The predicted molar refractivity (Wildman–Crippen MR) is 214 cm³/mol. The van der Waals surface area contributed by atoms with Crippen LogP contribution in [0.4, 0.5) is 0 Å². The van der Waals surface area contributed by atoms with E-state index in [2.05, 4.69) is 44.6 Å². The van der Waals surface area contributed by atoms with Crippen LogP contribution in [0.3, 0.4) is 0 Å². The number of thioether (sulfide) groups is 1. The number of benzene rings is 3. The fourth-order valence-corrected chi connectivity index (χ4v) is 7.89. The number of hydrogen-bond acceptors (Lipinski definition) is 8. The number of fused-ring (bicyclic) bond motifs is 1. The van der Waals surface area contributed by atoms with Gasteiger partial charge in [0.1, 0.15) is 23.7 Å². The highest BCUT2D eigenvalue weighted by Gasteiger charge is 2.23. The molecule has 0 saturated carbocycles. The van der Waals surface area contributed by atoms with Gasteiger partial charge in [-0.1, -0.05) is 87.8 Å². The summed E-state index contributed by atoms with van der Waals surface area (Å²) in [6.07, 6.45) is 2.28. The number of aromatic nitrogens is 2. The van der Waals surface area contributed by atoms with Crippen molar-refractivity contribution in [3.63, 3.8) is 0 Å². The van der Waals surface area contributed by atoms with E-state index in [-0.39, 0.29) is 37.3 Å². The van der Waals surface area contributed by atoms with Crippen LogP contribution in [0.1, 0.15) is 35.2 Å². The Morgan fingerprint density at radius 3 is 2.27 bits per heavy atom. The van der Waals surface area contributed by atoms with Crippen LogP contribution in [0, 0.1) is 0 Å². The van der Waals surface area contributed by atoms with E-state index >= 15 is 0 Å². The molecular weight excluding hydrogens is 695 g/mol. The van der Waals surface area contributed by atoms with Crippen molar-refractivity contribution in [1.29, 1.82) is 0 Å². The molecule has 0 aliphatic rings. The van der Waals surface area contributed by atoms with Crippen LogP contribution in [-0.2, 0) is 22.0 Å². The maximum atomic E-state index is 14.5. The smallest absolute Gasteiger partial charge is 0.279 e. The van der Waals surface area contributed by atoms with Crippen LogP contribution in [0.5, 0.6) is 5.75 Å². The molecule has 0 aliphatic carbocycles. The van der Waals surface area contributed by atoms with Gasteiger partial charge in [-0.25, -0.2) is 4.98 Å². The molecule has 0 aliphatic heterocycles. The molecule has 0 unspecified atom stereocenters. The standard InChI is InChI=1S/C39H55N3O6SSi2/c1-50(2,3)25-23-46-28-42-33-19-14-20-34(48-29-47-24-26-51(4,5)6)36(33)41-35(39(42)45)31-17-13-18-32(38(44)40-21-11-8-12-22-43)37(31)49-27-30-15-9-7-10-16-30/h7,9-10,13-20,43H,8,11-12,21-29H2,1-6H3,(H,40,44). The third-order valence-electron chi connectivity index (χ3n) is 8.31. The molecule has 0 atom stereocenters.